The molecule has 0 saturated heterocycles. The van der Waals surface area contributed by atoms with Crippen LogP contribution in [0.4, 0.5) is 17.6 Å². The Bertz CT molecular complexity index is 1450. The van der Waals surface area contributed by atoms with E-state index in [0.29, 0.717) is 31.7 Å². The van der Waals surface area contributed by atoms with E-state index in [9.17, 15) is 32.3 Å². The molecule has 2 aliphatic rings. The van der Waals surface area contributed by atoms with Gasteiger partial charge in [-0.3, -0.25) is 19.3 Å². The number of aromatic hydroxyl groups is 1. The molecule has 2 aromatic carbocycles. The number of alkyl halides is 3. The van der Waals surface area contributed by atoms with Gasteiger partial charge in [0.15, 0.2) is 11.4 Å². The standard InChI is InChI=1S/C24H18ClF4N3O3S/c1-12(24(27,28)29)30-11-32(31-8-7-18(33)21(34)20(31)23(30)35)19-15-6-5-14(25)9-13(15)10-36-22-16(19)3-2-4-17(22)26/h2-9,12,19,34H,10-11H2,1H3/t12-,19-/m1/s1. The van der Waals surface area contributed by atoms with Crippen molar-refractivity contribution in [3.8, 4) is 5.75 Å². The zero-order valence-electron chi connectivity index (χ0n) is 18.6. The van der Waals surface area contributed by atoms with Gasteiger partial charge in [-0.25, -0.2) is 4.39 Å². The third-order valence-electron chi connectivity index (χ3n) is 6.39. The van der Waals surface area contributed by atoms with E-state index in [1.54, 1.807) is 24.3 Å². The lowest BCUT2D eigenvalue weighted by Gasteiger charge is -2.46. The lowest BCUT2D eigenvalue weighted by Crippen LogP contribution is -2.60. The Hall–Kier alpha value is -3.18. The number of rotatable bonds is 2. The summed E-state index contributed by atoms with van der Waals surface area (Å²) in [4.78, 5) is 26.2. The van der Waals surface area contributed by atoms with E-state index in [4.69, 9.17) is 11.6 Å². The molecule has 5 rings (SSSR count). The van der Waals surface area contributed by atoms with Crippen LogP contribution in [0.2, 0.25) is 5.02 Å². The van der Waals surface area contributed by atoms with Crippen molar-refractivity contribution in [2.75, 3.05) is 11.7 Å². The van der Waals surface area contributed by atoms with Gasteiger partial charge in [0.25, 0.3) is 5.91 Å². The first-order chi connectivity index (χ1) is 17.0. The lowest BCUT2D eigenvalue weighted by atomic mass is 9.94. The maximum absolute atomic E-state index is 15.0. The number of pyridine rings is 1. The molecule has 0 aliphatic carbocycles. The highest BCUT2D eigenvalue weighted by Gasteiger charge is 2.47. The van der Waals surface area contributed by atoms with Gasteiger partial charge in [-0.2, -0.15) is 13.2 Å². The molecule has 0 fully saturated rings. The molecular formula is C24H18ClF4N3O3S. The molecule has 36 heavy (non-hydrogen) atoms. The second kappa shape index (κ2) is 8.74. The highest BCUT2D eigenvalue weighted by atomic mass is 35.5. The van der Waals surface area contributed by atoms with Gasteiger partial charge in [0.1, 0.15) is 18.5 Å². The molecular weight excluding hydrogens is 522 g/mol. The fourth-order valence-corrected chi connectivity index (χ4v) is 5.83. The van der Waals surface area contributed by atoms with Gasteiger partial charge >= 0.3 is 6.18 Å². The Labute approximate surface area is 211 Å². The summed E-state index contributed by atoms with van der Waals surface area (Å²) in [6.07, 6.45) is -3.56. The number of nitrogens with zero attached hydrogens (tertiary/aromatic N) is 3. The number of hydrogen-bond acceptors (Lipinski definition) is 5. The van der Waals surface area contributed by atoms with Crippen LogP contribution in [0, 0.1) is 5.82 Å². The lowest BCUT2D eigenvalue weighted by molar-refractivity contribution is -0.173. The van der Waals surface area contributed by atoms with Crippen molar-refractivity contribution >= 4 is 29.3 Å². The minimum Gasteiger partial charge on any atom is -0.502 e. The highest BCUT2D eigenvalue weighted by Crippen LogP contribution is 2.45. The van der Waals surface area contributed by atoms with Crippen LogP contribution in [-0.2, 0) is 5.75 Å². The third kappa shape index (κ3) is 3.90. The molecule has 0 radical (unpaired) electrons. The molecule has 0 spiro atoms. The fourth-order valence-electron chi connectivity index (χ4n) is 4.53. The van der Waals surface area contributed by atoms with Crippen LogP contribution >= 0.6 is 23.4 Å². The van der Waals surface area contributed by atoms with Crippen molar-refractivity contribution in [2.24, 2.45) is 0 Å². The molecule has 3 heterocycles. The Balaban J connectivity index is 1.80. The molecule has 6 nitrogen and oxygen atoms in total. The number of thioether (sulfide) groups is 1. The van der Waals surface area contributed by atoms with Crippen LogP contribution in [0.15, 0.2) is 58.4 Å². The summed E-state index contributed by atoms with van der Waals surface area (Å²) in [6.45, 7) is 0.274. The number of carbonyl (C=O) groups is 1. The van der Waals surface area contributed by atoms with Gasteiger partial charge in [0.2, 0.25) is 5.43 Å². The Morgan fingerprint density at radius 1 is 1.14 bits per heavy atom. The average Bonchev–Trinajstić information content (AvgIpc) is 2.98. The molecule has 1 aromatic heterocycles. The largest absolute Gasteiger partial charge is 0.502 e. The van der Waals surface area contributed by atoms with Gasteiger partial charge in [-0.15, -0.1) is 11.8 Å². The molecule has 3 aromatic rings. The predicted octanol–water partition coefficient (Wildman–Crippen LogP) is 5.04. The number of carbonyl (C=O) groups excluding carboxylic acids is 1. The first-order valence-electron chi connectivity index (χ1n) is 10.8. The second-order valence-electron chi connectivity index (χ2n) is 8.49. The zero-order chi connectivity index (χ0) is 25.9. The monoisotopic (exact) mass is 539 g/mol. The van der Waals surface area contributed by atoms with Gasteiger partial charge in [0.05, 0.1) is 6.04 Å². The summed E-state index contributed by atoms with van der Waals surface area (Å²) in [7, 11) is 0. The minimum atomic E-state index is -4.77. The quantitative estimate of drug-likeness (QED) is 0.462. The van der Waals surface area contributed by atoms with Crippen LogP contribution in [-0.4, -0.2) is 39.5 Å². The molecule has 0 bridgehead atoms. The van der Waals surface area contributed by atoms with E-state index in [-0.39, 0.29) is 0 Å². The number of fused-ring (bicyclic) bond motifs is 3. The molecule has 0 unspecified atom stereocenters. The van der Waals surface area contributed by atoms with Crippen molar-refractivity contribution in [1.82, 2.24) is 9.58 Å². The maximum atomic E-state index is 15.0. The average molecular weight is 540 g/mol. The second-order valence-corrected chi connectivity index (χ2v) is 9.91. The number of aromatic nitrogens is 1. The molecule has 2 aliphatic heterocycles. The van der Waals surface area contributed by atoms with Crippen LogP contribution in [0.25, 0.3) is 0 Å². The SMILES string of the molecule is C[C@@H](N1CN([C@@H]2c3ccc(Cl)cc3CSc3c(F)cccc32)n2ccc(=O)c(O)c2C1=O)C(F)(F)F. The van der Waals surface area contributed by atoms with E-state index in [2.05, 4.69) is 0 Å². The normalized spacial score (nSPS) is 18.3. The Kier molecular flexibility index (Phi) is 5.95. The van der Waals surface area contributed by atoms with Crippen molar-refractivity contribution in [2.45, 2.75) is 35.8 Å². The van der Waals surface area contributed by atoms with Crippen LogP contribution < -0.4 is 10.4 Å². The molecule has 2 atom stereocenters. The fraction of sp³-hybridized carbons (Fsp3) is 0.250. The van der Waals surface area contributed by atoms with Crippen LogP contribution in [0.3, 0.4) is 0 Å². The van der Waals surface area contributed by atoms with E-state index < -0.39 is 53.5 Å². The van der Waals surface area contributed by atoms with Gasteiger partial charge in [-0.1, -0.05) is 29.8 Å². The van der Waals surface area contributed by atoms with Gasteiger partial charge < -0.3 is 10.0 Å². The first kappa shape index (κ1) is 24.5. The van der Waals surface area contributed by atoms with E-state index in [0.717, 1.165) is 18.6 Å². The van der Waals surface area contributed by atoms with Crippen molar-refractivity contribution in [1.29, 1.82) is 0 Å². The predicted molar refractivity (Wildman–Crippen MR) is 126 cm³/mol. The Morgan fingerprint density at radius 2 is 1.89 bits per heavy atom. The van der Waals surface area contributed by atoms with E-state index in [1.165, 1.54) is 39.8 Å². The van der Waals surface area contributed by atoms with Crippen molar-refractivity contribution in [3.05, 3.63) is 92.1 Å². The maximum Gasteiger partial charge on any atom is 0.408 e. The van der Waals surface area contributed by atoms with Crippen molar-refractivity contribution < 1.29 is 27.5 Å². The smallest absolute Gasteiger partial charge is 0.408 e. The Morgan fingerprint density at radius 3 is 2.61 bits per heavy atom. The number of amides is 1. The van der Waals surface area contributed by atoms with Crippen molar-refractivity contribution in [3.63, 3.8) is 0 Å². The first-order valence-corrected chi connectivity index (χ1v) is 12.1. The summed E-state index contributed by atoms with van der Waals surface area (Å²) in [5.74, 6) is -2.27. The van der Waals surface area contributed by atoms with Crippen LogP contribution in [0.5, 0.6) is 5.75 Å². The van der Waals surface area contributed by atoms with E-state index in [1.807, 2.05) is 0 Å². The minimum absolute atomic E-state index is 0.300. The molecule has 12 heteroatoms. The summed E-state index contributed by atoms with van der Waals surface area (Å²) < 4.78 is 57.4. The molecule has 0 saturated carbocycles. The van der Waals surface area contributed by atoms with Crippen LogP contribution in [0.1, 0.15) is 40.1 Å². The van der Waals surface area contributed by atoms with E-state index >= 15 is 0 Å². The third-order valence-corrected chi connectivity index (χ3v) is 7.80. The highest BCUT2D eigenvalue weighted by molar-refractivity contribution is 7.98. The zero-order valence-corrected chi connectivity index (χ0v) is 20.2. The number of benzene rings is 2. The number of halogens is 5. The summed E-state index contributed by atoms with van der Waals surface area (Å²) in [6, 6.07) is 7.39. The topological polar surface area (TPSA) is 65.8 Å². The van der Waals surface area contributed by atoms with Gasteiger partial charge in [0, 0.05) is 27.9 Å². The summed E-state index contributed by atoms with van der Waals surface area (Å²) in [5.41, 5.74) is 0.307. The van der Waals surface area contributed by atoms with Gasteiger partial charge in [-0.05, 0) is 41.8 Å². The molecule has 1 N–H and O–H groups in total. The number of hydrogen-bond donors (Lipinski definition) is 1. The summed E-state index contributed by atoms with van der Waals surface area (Å²) >= 11 is 7.44. The molecule has 188 valence electrons. The summed E-state index contributed by atoms with van der Waals surface area (Å²) in [5, 5.41) is 12.3. The molecule has 1 amide bonds.